The molecule has 0 unspecified atom stereocenters. The highest BCUT2D eigenvalue weighted by atomic mass is 16.5. The summed E-state index contributed by atoms with van der Waals surface area (Å²) in [7, 11) is 3.11. The number of allylic oxidation sites excluding steroid dienone is 1. The number of rotatable bonds is 8. The number of hydrogen-bond acceptors (Lipinski definition) is 4. The summed E-state index contributed by atoms with van der Waals surface area (Å²) in [6, 6.07) is 13.1. The first-order valence-electron chi connectivity index (χ1n) is 9.12. The lowest BCUT2D eigenvalue weighted by molar-refractivity contribution is 0.0953. The van der Waals surface area contributed by atoms with Gasteiger partial charge in [-0.1, -0.05) is 24.3 Å². The number of methoxy groups -OCH3 is 2. The summed E-state index contributed by atoms with van der Waals surface area (Å²) in [5.41, 5.74) is 3.60. The summed E-state index contributed by atoms with van der Waals surface area (Å²) in [5, 5.41) is 2.95. The molecule has 3 aromatic rings. The predicted octanol–water partition coefficient (Wildman–Crippen LogP) is 3.60. The lowest BCUT2D eigenvalue weighted by Gasteiger charge is -2.11. The third kappa shape index (κ3) is 4.17. The van der Waals surface area contributed by atoms with E-state index in [-0.39, 0.29) is 5.91 Å². The van der Waals surface area contributed by atoms with Gasteiger partial charge >= 0.3 is 0 Å². The Morgan fingerprint density at radius 1 is 1.14 bits per heavy atom. The second kappa shape index (κ2) is 8.61. The first-order valence-corrected chi connectivity index (χ1v) is 9.12. The van der Waals surface area contributed by atoms with Crippen LogP contribution in [-0.2, 0) is 13.0 Å². The summed E-state index contributed by atoms with van der Waals surface area (Å²) >= 11 is 0. The van der Waals surface area contributed by atoms with Crippen LogP contribution in [0.1, 0.15) is 23.1 Å². The van der Waals surface area contributed by atoms with Gasteiger partial charge in [0.25, 0.3) is 5.91 Å². The Morgan fingerprint density at radius 2 is 1.89 bits per heavy atom. The van der Waals surface area contributed by atoms with Crippen LogP contribution in [-0.4, -0.2) is 36.2 Å². The van der Waals surface area contributed by atoms with Gasteiger partial charge in [0, 0.05) is 25.1 Å². The minimum Gasteiger partial charge on any atom is -0.493 e. The number of aromatic nitrogens is 2. The Hall–Kier alpha value is -3.28. The maximum atomic E-state index is 12.5. The Bertz CT molecular complexity index is 1010. The van der Waals surface area contributed by atoms with E-state index in [1.54, 1.807) is 32.4 Å². The molecule has 0 saturated heterocycles. The molecule has 0 spiro atoms. The average molecular weight is 379 g/mol. The Balaban J connectivity index is 1.71. The number of amides is 1. The molecule has 146 valence electrons. The smallest absolute Gasteiger partial charge is 0.251 e. The molecule has 0 saturated carbocycles. The lowest BCUT2D eigenvalue weighted by atomic mass is 10.2. The van der Waals surface area contributed by atoms with E-state index in [9.17, 15) is 4.79 Å². The van der Waals surface area contributed by atoms with E-state index in [4.69, 9.17) is 14.5 Å². The molecule has 1 amide bonds. The Kier molecular flexibility index (Phi) is 5.99. The number of imidazole rings is 1. The van der Waals surface area contributed by atoms with Crippen LogP contribution >= 0.6 is 0 Å². The largest absolute Gasteiger partial charge is 0.493 e. The summed E-state index contributed by atoms with van der Waals surface area (Å²) in [5.74, 6) is 1.88. The molecule has 1 N–H and O–H groups in total. The quantitative estimate of drug-likeness (QED) is 0.608. The van der Waals surface area contributed by atoms with Gasteiger partial charge < -0.3 is 19.4 Å². The molecule has 0 bridgehead atoms. The van der Waals surface area contributed by atoms with Crippen molar-refractivity contribution in [2.45, 2.75) is 19.9 Å². The first kappa shape index (κ1) is 19.5. The highest BCUT2D eigenvalue weighted by Gasteiger charge is 2.13. The summed E-state index contributed by atoms with van der Waals surface area (Å²) in [6.45, 7) is 7.20. The van der Waals surface area contributed by atoms with Crippen molar-refractivity contribution in [2.75, 3.05) is 20.8 Å². The van der Waals surface area contributed by atoms with Crippen molar-refractivity contribution >= 4 is 16.9 Å². The third-order valence-corrected chi connectivity index (χ3v) is 4.44. The molecule has 6 heteroatoms. The van der Waals surface area contributed by atoms with E-state index in [2.05, 4.69) is 22.5 Å². The molecular weight excluding hydrogens is 354 g/mol. The maximum Gasteiger partial charge on any atom is 0.251 e. The number of ether oxygens (including phenoxy) is 2. The molecule has 0 aliphatic carbocycles. The van der Waals surface area contributed by atoms with Crippen LogP contribution in [0.3, 0.4) is 0 Å². The van der Waals surface area contributed by atoms with Crippen molar-refractivity contribution < 1.29 is 14.3 Å². The number of nitrogens with one attached hydrogen (secondary N) is 1. The minimum atomic E-state index is -0.163. The second-order valence-corrected chi connectivity index (χ2v) is 6.64. The molecule has 28 heavy (non-hydrogen) atoms. The number of nitrogens with zero attached hydrogens (tertiary/aromatic N) is 2. The maximum absolute atomic E-state index is 12.5. The zero-order valence-corrected chi connectivity index (χ0v) is 16.5. The zero-order valence-electron chi connectivity index (χ0n) is 16.5. The average Bonchev–Trinajstić information content (AvgIpc) is 3.04. The van der Waals surface area contributed by atoms with E-state index in [1.807, 2.05) is 25.1 Å². The molecule has 3 rings (SSSR count). The van der Waals surface area contributed by atoms with Gasteiger partial charge in [0.2, 0.25) is 0 Å². The van der Waals surface area contributed by atoms with Gasteiger partial charge in [-0.25, -0.2) is 4.98 Å². The van der Waals surface area contributed by atoms with Crippen molar-refractivity contribution in [3.8, 4) is 11.5 Å². The van der Waals surface area contributed by atoms with Gasteiger partial charge in [0.05, 0.1) is 25.3 Å². The molecule has 0 fully saturated rings. The Morgan fingerprint density at radius 3 is 2.61 bits per heavy atom. The highest BCUT2D eigenvalue weighted by Crippen LogP contribution is 2.27. The fourth-order valence-corrected chi connectivity index (χ4v) is 3.13. The monoisotopic (exact) mass is 379 g/mol. The number of carbonyl (C=O) groups is 1. The van der Waals surface area contributed by atoms with Gasteiger partial charge in [-0.15, -0.1) is 0 Å². The standard InChI is InChI=1S/C22H25N3O3/c1-15(2)14-25-18-8-6-5-7-17(18)24-21(25)11-12-23-22(26)16-9-10-19(27-3)20(13-16)28-4/h5-10,13H,1,11-12,14H2,2-4H3,(H,23,26). The summed E-state index contributed by atoms with van der Waals surface area (Å²) in [6.07, 6.45) is 0.626. The number of hydrogen-bond donors (Lipinski definition) is 1. The fourth-order valence-electron chi connectivity index (χ4n) is 3.13. The van der Waals surface area contributed by atoms with Crippen LogP contribution in [0.2, 0.25) is 0 Å². The molecule has 6 nitrogen and oxygen atoms in total. The van der Waals surface area contributed by atoms with Gasteiger partial charge in [-0.2, -0.15) is 0 Å². The zero-order chi connectivity index (χ0) is 20.1. The predicted molar refractivity (Wildman–Crippen MR) is 110 cm³/mol. The summed E-state index contributed by atoms with van der Waals surface area (Å²) < 4.78 is 12.6. The van der Waals surface area contributed by atoms with E-state index in [0.29, 0.717) is 36.6 Å². The Labute approximate surface area is 164 Å². The molecular formula is C22H25N3O3. The van der Waals surface area contributed by atoms with Gasteiger partial charge in [-0.3, -0.25) is 4.79 Å². The molecule has 0 radical (unpaired) electrons. The van der Waals surface area contributed by atoms with Crippen LogP contribution in [0.4, 0.5) is 0 Å². The lowest BCUT2D eigenvalue weighted by Crippen LogP contribution is -2.26. The number of para-hydroxylation sites is 2. The van der Waals surface area contributed by atoms with Crippen molar-refractivity contribution in [2.24, 2.45) is 0 Å². The molecule has 1 heterocycles. The topological polar surface area (TPSA) is 65.4 Å². The SMILES string of the molecule is C=C(C)Cn1c(CCNC(=O)c2ccc(OC)c(OC)c2)nc2ccccc21. The molecule has 2 aromatic carbocycles. The molecule has 1 aromatic heterocycles. The third-order valence-electron chi connectivity index (χ3n) is 4.44. The number of benzene rings is 2. The van der Waals surface area contributed by atoms with Crippen LogP contribution in [0, 0.1) is 0 Å². The second-order valence-electron chi connectivity index (χ2n) is 6.64. The number of fused-ring (bicyclic) bond motifs is 1. The van der Waals surface area contributed by atoms with Crippen LogP contribution in [0.25, 0.3) is 11.0 Å². The van der Waals surface area contributed by atoms with E-state index in [1.165, 1.54) is 0 Å². The van der Waals surface area contributed by atoms with E-state index < -0.39 is 0 Å². The van der Waals surface area contributed by atoms with Crippen molar-refractivity contribution in [3.05, 3.63) is 66.0 Å². The van der Waals surface area contributed by atoms with Crippen LogP contribution in [0.15, 0.2) is 54.6 Å². The highest BCUT2D eigenvalue weighted by molar-refractivity contribution is 5.94. The fraction of sp³-hybridized carbons (Fsp3) is 0.273. The van der Waals surface area contributed by atoms with Gasteiger partial charge in [0.15, 0.2) is 11.5 Å². The number of carbonyl (C=O) groups excluding carboxylic acids is 1. The molecule has 0 aliphatic rings. The van der Waals surface area contributed by atoms with Crippen molar-refractivity contribution in [3.63, 3.8) is 0 Å². The van der Waals surface area contributed by atoms with Crippen LogP contribution in [0.5, 0.6) is 11.5 Å². The van der Waals surface area contributed by atoms with Crippen molar-refractivity contribution in [1.82, 2.24) is 14.9 Å². The van der Waals surface area contributed by atoms with E-state index in [0.717, 1.165) is 22.4 Å². The summed E-state index contributed by atoms with van der Waals surface area (Å²) in [4.78, 5) is 17.2. The van der Waals surface area contributed by atoms with Gasteiger partial charge in [-0.05, 0) is 37.3 Å². The normalized spacial score (nSPS) is 10.7. The molecule has 0 atom stereocenters. The first-order chi connectivity index (χ1) is 13.5. The molecule has 0 aliphatic heterocycles. The van der Waals surface area contributed by atoms with Crippen molar-refractivity contribution in [1.29, 1.82) is 0 Å². The minimum absolute atomic E-state index is 0.163. The van der Waals surface area contributed by atoms with Crippen LogP contribution < -0.4 is 14.8 Å². The van der Waals surface area contributed by atoms with Gasteiger partial charge in [0.1, 0.15) is 5.82 Å². The van der Waals surface area contributed by atoms with E-state index >= 15 is 0 Å².